The number of anilines is 2. The van der Waals surface area contributed by atoms with Crippen LogP contribution in [0.4, 0.5) is 16.3 Å². The van der Waals surface area contributed by atoms with Crippen LogP contribution in [0, 0.1) is 0 Å². The number of amides is 2. The smallest absolute Gasteiger partial charge is 0.405 e. The van der Waals surface area contributed by atoms with E-state index in [0.717, 1.165) is 25.3 Å². The molecule has 0 bridgehead atoms. The molecule has 8 heteroatoms. The predicted octanol–water partition coefficient (Wildman–Crippen LogP) is 0.681. The number of carboxylic acid groups (broad SMARTS) is 1. The first-order valence-electron chi connectivity index (χ1n) is 7.75. The highest BCUT2D eigenvalue weighted by molar-refractivity contribution is 5.99. The molecule has 3 rings (SSSR count). The number of nitrogens with one attached hydrogen (secondary N) is 1. The van der Waals surface area contributed by atoms with E-state index in [2.05, 4.69) is 15.2 Å². The highest BCUT2D eigenvalue weighted by Crippen LogP contribution is 2.23. The number of pyridine rings is 1. The van der Waals surface area contributed by atoms with Crippen LogP contribution in [-0.2, 0) is 9.53 Å². The maximum Gasteiger partial charge on any atom is 0.405 e. The van der Waals surface area contributed by atoms with Crippen LogP contribution in [0.3, 0.4) is 0 Å². The van der Waals surface area contributed by atoms with Gasteiger partial charge in [-0.05, 0) is 25.0 Å². The van der Waals surface area contributed by atoms with E-state index in [4.69, 9.17) is 9.84 Å². The van der Waals surface area contributed by atoms with Gasteiger partial charge in [-0.25, -0.2) is 9.78 Å². The van der Waals surface area contributed by atoms with Crippen LogP contribution in [0.2, 0.25) is 0 Å². The fourth-order valence-corrected chi connectivity index (χ4v) is 2.93. The highest BCUT2D eigenvalue weighted by atomic mass is 16.5. The van der Waals surface area contributed by atoms with Gasteiger partial charge >= 0.3 is 6.09 Å². The van der Waals surface area contributed by atoms with Gasteiger partial charge in [-0.2, -0.15) is 0 Å². The number of nitrogens with zero attached hydrogens (tertiary/aromatic N) is 3. The van der Waals surface area contributed by atoms with Crippen molar-refractivity contribution in [2.45, 2.75) is 18.9 Å². The maximum absolute atomic E-state index is 12.4. The fraction of sp³-hybridized carbons (Fsp3) is 0.533. The molecule has 2 amide bonds. The van der Waals surface area contributed by atoms with Crippen molar-refractivity contribution in [1.29, 1.82) is 0 Å². The lowest BCUT2D eigenvalue weighted by Gasteiger charge is -2.32. The van der Waals surface area contributed by atoms with Gasteiger partial charge in [-0.1, -0.05) is 0 Å². The van der Waals surface area contributed by atoms with Crippen molar-refractivity contribution in [3.63, 3.8) is 0 Å². The van der Waals surface area contributed by atoms with E-state index >= 15 is 0 Å². The van der Waals surface area contributed by atoms with Gasteiger partial charge in [-0.15, -0.1) is 0 Å². The summed E-state index contributed by atoms with van der Waals surface area (Å²) in [6, 6.07) is 3.07. The second-order valence-electron chi connectivity index (χ2n) is 5.61. The standard InChI is InChI=1S/C15H20N4O4/c20-14-12(17-15(21)22)2-1-5-19(14)11-3-4-13(16-10-11)18-6-8-23-9-7-18/h3-4,10,12,17H,1-2,5-9H2,(H,21,22). The number of aromatic nitrogens is 1. The third kappa shape index (κ3) is 3.53. The summed E-state index contributed by atoms with van der Waals surface area (Å²) in [5.41, 5.74) is 0.698. The lowest BCUT2D eigenvalue weighted by atomic mass is 10.0. The summed E-state index contributed by atoms with van der Waals surface area (Å²) in [4.78, 5) is 31.3. The van der Waals surface area contributed by atoms with Gasteiger partial charge in [0.1, 0.15) is 11.9 Å². The second-order valence-corrected chi connectivity index (χ2v) is 5.61. The molecule has 2 aliphatic heterocycles. The molecule has 2 saturated heterocycles. The zero-order valence-electron chi connectivity index (χ0n) is 12.8. The molecule has 0 aromatic carbocycles. The van der Waals surface area contributed by atoms with Crippen molar-refractivity contribution in [3.8, 4) is 0 Å². The summed E-state index contributed by atoms with van der Waals surface area (Å²) in [6.07, 6.45) is 1.78. The quantitative estimate of drug-likeness (QED) is 0.850. The predicted molar refractivity (Wildman–Crippen MR) is 83.8 cm³/mol. The molecule has 2 fully saturated rings. The molecule has 3 heterocycles. The number of morpholine rings is 1. The molecule has 0 aliphatic carbocycles. The summed E-state index contributed by atoms with van der Waals surface area (Å²) in [5.74, 6) is 0.640. The summed E-state index contributed by atoms with van der Waals surface area (Å²) >= 11 is 0. The lowest BCUT2D eigenvalue weighted by molar-refractivity contribution is -0.121. The Labute approximate surface area is 134 Å². The van der Waals surface area contributed by atoms with Gasteiger partial charge in [0.2, 0.25) is 5.91 Å². The summed E-state index contributed by atoms with van der Waals surface area (Å²) in [6.45, 7) is 3.57. The van der Waals surface area contributed by atoms with Crippen molar-refractivity contribution in [2.75, 3.05) is 42.6 Å². The number of piperidine rings is 1. The SMILES string of the molecule is O=C(O)NC1CCCN(c2ccc(N3CCOCC3)nc2)C1=O. The van der Waals surface area contributed by atoms with Crippen LogP contribution in [-0.4, -0.2) is 61.0 Å². The second kappa shape index (κ2) is 6.82. The minimum atomic E-state index is -1.18. The molecule has 0 saturated carbocycles. The van der Waals surface area contributed by atoms with Gasteiger partial charge in [0.15, 0.2) is 0 Å². The topological polar surface area (TPSA) is 95.0 Å². The Morgan fingerprint density at radius 1 is 1.30 bits per heavy atom. The number of rotatable bonds is 3. The molecule has 0 radical (unpaired) electrons. The average molecular weight is 320 g/mol. The Morgan fingerprint density at radius 3 is 2.74 bits per heavy atom. The summed E-state index contributed by atoms with van der Waals surface area (Å²) in [5, 5.41) is 11.1. The molecule has 1 aromatic rings. The zero-order chi connectivity index (χ0) is 16.2. The Hall–Kier alpha value is -2.35. The first-order valence-corrected chi connectivity index (χ1v) is 7.75. The van der Waals surface area contributed by atoms with Crippen LogP contribution in [0.25, 0.3) is 0 Å². The molecule has 23 heavy (non-hydrogen) atoms. The number of hydrogen-bond donors (Lipinski definition) is 2. The third-order valence-electron chi connectivity index (χ3n) is 4.12. The van der Waals surface area contributed by atoms with Gasteiger partial charge in [-0.3, -0.25) is 4.79 Å². The average Bonchev–Trinajstić information content (AvgIpc) is 2.57. The maximum atomic E-state index is 12.4. The largest absolute Gasteiger partial charge is 0.465 e. The Bertz CT molecular complexity index is 571. The van der Waals surface area contributed by atoms with Crippen molar-refractivity contribution in [1.82, 2.24) is 10.3 Å². The monoisotopic (exact) mass is 320 g/mol. The van der Waals surface area contributed by atoms with E-state index in [9.17, 15) is 9.59 Å². The molecular formula is C15H20N4O4. The fourth-order valence-electron chi connectivity index (χ4n) is 2.93. The number of carbonyl (C=O) groups is 2. The molecule has 0 spiro atoms. The number of carbonyl (C=O) groups excluding carboxylic acids is 1. The lowest BCUT2D eigenvalue weighted by Crippen LogP contribution is -2.52. The molecule has 2 aliphatic rings. The molecule has 1 unspecified atom stereocenters. The first kappa shape index (κ1) is 15.5. The Morgan fingerprint density at radius 2 is 2.09 bits per heavy atom. The van der Waals surface area contributed by atoms with Crippen LogP contribution in [0.5, 0.6) is 0 Å². The number of hydrogen-bond acceptors (Lipinski definition) is 5. The first-order chi connectivity index (χ1) is 11.1. The van der Waals surface area contributed by atoms with Crippen molar-refractivity contribution < 1.29 is 19.4 Å². The minimum Gasteiger partial charge on any atom is -0.465 e. The molecular weight excluding hydrogens is 300 g/mol. The van der Waals surface area contributed by atoms with Gasteiger partial charge in [0.05, 0.1) is 25.1 Å². The molecule has 8 nitrogen and oxygen atoms in total. The van der Waals surface area contributed by atoms with E-state index in [1.807, 2.05) is 12.1 Å². The molecule has 1 atom stereocenters. The van der Waals surface area contributed by atoms with E-state index < -0.39 is 12.1 Å². The molecule has 124 valence electrons. The third-order valence-corrected chi connectivity index (χ3v) is 4.12. The van der Waals surface area contributed by atoms with Crippen LogP contribution in [0.15, 0.2) is 18.3 Å². The van der Waals surface area contributed by atoms with E-state index in [1.165, 1.54) is 0 Å². The van der Waals surface area contributed by atoms with Gasteiger partial charge in [0.25, 0.3) is 0 Å². The van der Waals surface area contributed by atoms with Crippen LogP contribution >= 0.6 is 0 Å². The Kier molecular flexibility index (Phi) is 4.61. The summed E-state index contributed by atoms with van der Waals surface area (Å²) in [7, 11) is 0. The zero-order valence-corrected chi connectivity index (χ0v) is 12.8. The summed E-state index contributed by atoms with van der Waals surface area (Å²) < 4.78 is 5.32. The Balaban J connectivity index is 1.70. The molecule has 1 aromatic heterocycles. The van der Waals surface area contributed by atoms with E-state index in [-0.39, 0.29) is 5.91 Å². The van der Waals surface area contributed by atoms with Crippen molar-refractivity contribution >= 4 is 23.5 Å². The van der Waals surface area contributed by atoms with Crippen LogP contribution < -0.4 is 15.1 Å². The van der Waals surface area contributed by atoms with Crippen molar-refractivity contribution in [2.24, 2.45) is 0 Å². The van der Waals surface area contributed by atoms with Gasteiger partial charge < -0.3 is 25.0 Å². The molecule has 2 N–H and O–H groups in total. The van der Waals surface area contributed by atoms with Gasteiger partial charge in [0, 0.05) is 19.6 Å². The van der Waals surface area contributed by atoms with Crippen molar-refractivity contribution in [3.05, 3.63) is 18.3 Å². The van der Waals surface area contributed by atoms with E-state index in [0.29, 0.717) is 31.9 Å². The highest BCUT2D eigenvalue weighted by Gasteiger charge is 2.31. The minimum absolute atomic E-state index is 0.223. The van der Waals surface area contributed by atoms with E-state index in [1.54, 1.807) is 11.1 Å². The normalized spacial score (nSPS) is 22.1. The number of ether oxygens (including phenoxy) is 1. The van der Waals surface area contributed by atoms with Crippen LogP contribution in [0.1, 0.15) is 12.8 Å².